The molecule has 0 unspecified atom stereocenters. The Morgan fingerprint density at radius 1 is 1.05 bits per heavy atom. The molecular formula is C32H39N3O8S. The lowest BCUT2D eigenvalue weighted by Crippen LogP contribution is -2.35. The van der Waals surface area contributed by atoms with Gasteiger partial charge in [0.2, 0.25) is 10.0 Å². The molecule has 12 heteroatoms. The summed E-state index contributed by atoms with van der Waals surface area (Å²) in [5, 5.41) is 29.1. The number of aromatic nitrogens is 1. The molecule has 1 aliphatic rings. The molecule has 0 spiro atoms. The fourth-order valence-corrected chi connectivity index (χ4v) is 6.14. The number of carbonyl (C=O) groups is 2. The number of sulfonamides is 1. The largest absolute Gasteiger partial charge is 0.490 e. The standard InChI is InChI=1S/C32H39N3O8S/c36-18-5-19-44(41,42)34-31(38)28-14-13-25(20-30(28)43-27-7-2-1-3-8-27)24-11-9-23(10-12-24)15-17-35(32(39)40)22-29(37)26-6-4-16-33-21-26/h4,6,9-14,16,20-21,27,29,36-37H,1-3,5,7-8,15,17-19,22H2,(H,34,38)(H,39,40)/t29-/m1/s1. The highest BCUT2D eigenvalue weighted by Gasteiger charge is 2.23. The summed E-state index contributed by atoms with van der Waals surface area (Å²) in [6, 6.07) is 16.0. The molecule has 11 nitrogen and oxygen atoms in total. The number of hydrogen-bond acceptors (Lipinski definition) is 8. The molecule has 2 aromatic carbocycles. The van der Waals surface area contributed by atoms with E-state index in [4.69, 9.17) is 9.84 Å². The number of benzene rings is 2. The molecule has 3 aromatic rings. The zero-order valence-electron chi connectivity index (χ0n) is 24.5. The molecule has 1 fully saturated rings. The van der Waals surface area contributed by atoms with E-state index in [1.165, 1.54) is 11.1 Å². The van der Waals surface area contributed by atoms with E-state index in [0.717, 1.165) is 48.8 Å². The van der Waals surface area contributed by atoms with Crippen LogP contribution in [0.2, 0.25) is 0 Å². The summed E-state index contributed by atoms with van der Waals surface area (Å²) in [5.74, 6) is -0.849. The van der Waals surface area contributed by atoms with Gasteiger partial charge in [-0.05, 0) is 73.4 Å². The van der Waals surface area contributed by atoms with Gasteiger partial charge in [0.05, 0.1) is 30.1 Å². The monoisotopic (exact) mass is 625 g/mol. The summed E-state index contributed by atoms with van der Waals surface area (Å²) in [5.41, 5.74) is 3.17. The number of ether oxygens (including phenoxy) is 1. The summed E-state index contributed by atoms with van der Waals surface area (Å²) >= 11 is 0. The minimum absolute atomic E-state index is 0.0185. The Morgan fingerprint density at radius 2 is 1.77 bits per heavy atom. The van der Waals surface area contributed by atoms with Crippen molar-refractivity contribution in [2.75, 3.05) is 25.4 Å². The van der Waals surface area contributed by atoms with Crippen LogP contribution in [0.5, 0.6) is 5.75 Å². The van der Waals surface area contributed by atoms with Crippen LogP contribution in [-0.4, -0.2) is 77.2 Å². The van der Waals surface area contributed by atoms with E-state index in [1.54, 1.807) is 36.5 Å². The van der Waals surface area contributed by atoms with Crippen LogP contribution < -0.4 is 9.46 Å². The van der Waals surface area contributed by atoms with Crippen LogP contribution in [0.1, 0.15) is 66.1 Å². The normalized spacial score (nSPS) is 14.5. The van der Waals surface area contributed by atoms with Crippen molar-refractivity contribution in [3.63, 3.8) is 0 Å². The van der Waals surface area contributed by atoms with Gasteiger partial charge in [-0.3, -0.25) is 9.78 Å². The average Bonchev–Trinajstić information content (AvgIpc) is 3.02. The highest BCUT2D eigenvalue weighted by atomic mass is 32.2. The van der Waals surface area contributed by atoms with Crippen molar-refractivity contribution in [1.29, 1.82) is 0 Å². The molecule has 1 heterocycles. The number of carboxylic acid groups (broad SMARTS) is 1. The summed E-state index contributed by atoms with van der Waals surface area (Å²) in [6.07, 6.45) is 6.22. The van der Waals surface area contributed by atoms with E-state index in [9.17, 15) is 28.2 Å². The van der Waals surface area contributed by atoms with Gasteiger partial charge < -0.3 is 25.0 Å². The zero-order chi connectivity index (χ0) is 31.5. The molecule has 0 saturated heterocycles. The average molecular weight is 626 g/mol. The lowest BCUT2D eigenvalue weighted by molar-refractivity contribution is 0.0966. The zero-order valence-corrected chi connectivity index (χ0v) is 25.3. The lowest BCUT2D eigenvalue weighted by atomic mass is 9.97. The number of nitrogens with zero attached hydrogens (tertiary/aromatic N) is 2. The van der Waals surface area contributed by atoms with Crippen molar-refractivity contribution in [3.8, 4) is 16.9 Å². The highest BCUT2D eigenvalue weighted by Crippen LogP contribution is 2.31. The van der Waals surface area contributed by atoms with Gasteiger partial charge in [0, 0.05) is 31.1 Å². The van der Waals surface area contributed by atoms with E-state index in [0.29, 0.717) is 17.7 Å². The lowest BCUT2D eigenvalue weighted by Gasteiger charge is -2.24. The second kappa shape index (κ2) is 15.6. The topological polar surface area (TPSA) is 166 Å². The molecule has 1 aliphatic carbocycles. The molecule has 4 N–H and O–H groups in total. The number of hydrogen-bond donors (Lipinski definition) is 4. The third kappa shape index (κ3) is 9.50. The maximum absolute atomic E-state index is 13.0. The molecule has 236 valence electrons. The summed E-state index contributed by atoms with van der Waals surface area (Å²) in [6.45, 7) is -0.187. The van der Waals surface area contributed by atoms with Gasteiger partial charge in [-0.15, -0.1) is 0 Å². The maximum Gasteiger partial charge on any atom is 0.407 e. The van der Waals surface area contributed by atoms with Crippen molar-refractivity contribution in [2.45, 2.75) is 57.2 Å². The Morgan fingerprint density at radius 3 is 2.43 bits per heavy atom. The van der Waals surface area contributed by atoms with Gasteiger partial charge in [-0.1, -0.05) is 42.8 Å². The van der Waals surface area contributed by atoms with Gasteiger partial charge >= 0.3 is 6.09 Å². The van der Waals surface area contributed by atoms with Crippen LogP contribution in [-0.2, 0) is 16.4 Å². The summed E-state index contributed by atoms with van der Waals surface area (Å²) in [4.78, 5) is 30.0. The number of rotatable bonds is 14. The van der Waals surface area contributed by atoms with Crippen molar-refractivity contribution in [1.82, 2.24) is 14.6 Å². The Balaban J connectivity index is 1.47. The second-order valence-electron chi connectivity index (χ2n) is 10.9. The van der Waals surface area contributed by atoms with Crippen molar-refractivity contribution in [2.24, 2.45) is 0 Å². The van der Waals surface area contributed by atoms with Crippen molar-refractivity contribution < 1.29 is 38.1 Å². The van der Waals surface area contributed by atoms with Gasteiger partial charge in [0.25, 0.3) is 5.91 Å². The number of pyridine rings is 1. The Bertz CT molecular complexity index is 1490. The number of aliphatic hydroxyl groups is 2. The first-order valence-corrected chi connectivity index (χ1v) is 16.4. The van der Waals surface area contributed by atoms with E-state index in [-0.39, 0.29) is 43.5 Å². The highest BCUT2D eigenvalue weighted by molar-refractivity contribution is 7.90. The molecule has 2 amide bonds. The minimum Gasteiger partial charge on any atom is -0.490 e. The van der Waals surface area contributed by atoms with E-state index >= 15 is 0 Å². The first kappa shape index (κ1) is 32.9. The molecule has 1 aromatic heterocycles. The number of aliphatic hydroxyl groups excluding tert-OH is 2. The van der Waals surface area contributed by atoms with Crippen molar-refractivity contribution >= 4 is 22.0 Å². The SMILES string of the molecule is O=C(NS(=O)(=O)CCCO)c1ccc(-c2ccc(CCN(C[C@@H](O)c3cccnc3)C(=O)O)cc2)cc1OC1CCCCC1. The van der Waals surface area contributed by atoms with Crippen molar-refractivity contribution in [3.05, 3.63) is 83.7 Å². The summed E-state index contributed by atoms with van der Waals surface area (Å²) in [7, 11) is -3.92. The van der Waals surface area contributed by atoms with Gasteiger partial charge in [0.1, 0.15) is 5.75 Å². The molecular weight excluding hydrogens is 586 g/mol. The molecule has 0 radical (unpaired) electrons. The fourth-order valence-electron chi connectivity index (χ4n) is 5.13. The van der Waals surface area contributed by atoms with Gasteiger partial charge in [0.15, 0.2) is 0 Å². The Labute approximate surface area is 257 Å². The van der Waals surface area contributed by atoms with E-state index in [1.807, 2.05) is 24.3 Å². The fraction of sp³-hybridized carbons (Fsp3) is 0.406. The molecule has 4 rings (SSSR count). The van der Waals surface area contributed by atoms with Crippen LogP contribution >= 0.6 is 0 Å². The quantitative estimate of drug-likeness (QED) is 0.206. The molecule has 0 aliphatic heterocycles. The molecule has 1 saturated carbocycles. The van der Waals surface area contributed by atoms with E-state index < -0.39 is 28.1 Å². The van der Waals surface area contributed by atoms with E-state index in [2.05, 4.69) is 9.71 Å². The first-order chi connectivity index (χ1) is 21.1. The number of amides is 2. The predicted molar refractivity (Wildman–Crippen MR) is 165 cm³/mol. The Hall–Kier alpha value is -4.00. The van der Waals surface area contributed by atoms with Crippen LogP contribution in [0.4, 0.5) is 4.79 Å². The smallest absolute Gasteiger partial charge is 0.407 e. The molecule has 1 atom stereocenters. The second-order valence-corrected chi connectivity index (χ2v) is 12.7. The third-order valence-corrected chi connectivity index (χ3v) is 8.90. The number of nitrogens with one attached hydrogen (secondary N) is 1. The first-order valence-electron chi connectivity index (χ1n) is 14.8. The minimum atomic E-state index is -3.92. The number of carbonyl (C=O) groups excluding carboxylic acids is 1. The van der Waals surface area contributed by atoms with Crippen LogP contribution in [0.3, 0.4) is 0 Å². The van der Waals surface area contributed by atoms with Crippen LogP contribution in [0.15, 0.2) is 67.0 Å². The summed E-state index contributed by atoms with van der Waals surface area (Å²) < 4.78 is 33.0. The van der Waals surface area contributed by atoms with Crippen LogP contribution in [0.25, 0.3) is 11.1 Å². The molecule has 0 bridgehead atoms. The third-order valence-electron chi connectivity index (χ3n) is 7.58. The van der Waals surface area contributed by atoms with Gasteiger partial charge in [-0.2, -0.15) is 0 Å². The van der Waals surface area contributed by atoms with Gasteiger partial charge in [-0.25, -0.2) is 17.9 Å². The predicted octanol–water partition coefficient (Wildman–Crippen LogP) is 4.16. The van der Waals surface area contributed by atoms with Crippen LogP contribution in [0, 0.1) is 0 Å². The molecule has 44 heavy (non-hydrogen) atoms. The maximum atomic E-state index is 13.0. The Kier molecular flexibility index (Phi) is 11.7.